The number of unbranched alkanes of at least 4 members (excludes halogenated alkanes) is 14. The normalized spacial score (nSPS) is 22.5. The van der Waals surface area contributed by atoms with Gasteiger partial charge in [-0.3, -0.25) is 0 Å². The number of hydrogen-bond donors (Lipinski definition) is 3. The van der Waals surface area contributed by atoms with E-state index < -0.39 is 31.0 Å². The van der Waals surface area contributed by atoms with Gasteiger partial charge in [0.05, 0.1) is 13.2 Å². The predicted octanol–water partition coefficient (Wildman–Crippen LogP) is 5.30. The highest BCUT2D eigenvalue weighted by Gasteiger charge is 2.40. The first kappa shape index (κ1) is 28.6. The molecule has 0 aromatic carbocycles. The molecule has 0 radical (unpaired) electrons. The molecule has 3 N–H and O–H groups in total. The Morgan fingerprint density at radius 3 is 1.90 bits per heavy atom. The van der Waals surface area contributed by atoms with Crippen LogP contribution >= 0.6 is 0 Å². The molecule has 0 unspecified atom stereocenters. The Morgan fingerprint density at radius 2 is 1.35 bits per heavy atom. The summed E-state index contributed by atoms with van der Waals surface area (Å²) in [5.74, 6) is 0. The third kappa shape index (κ3) is 14.3. The van der Waals surface area contributed by atoms with Crippen LogP contribution in [0.5, 0.6) is 0 Å². The Kier molecular flexibility index (Phi) is 18.6. The summed E-state index contributed by atoms with van der Waals surface area (Å²) in [6.07, 6.45) is 22.5. The third-order valence-electron chi connectivity index (χ3n) is 6.22. The van der Waals surface area contributed by atoms with Gasteiger partial charge in [0.1, 0.15) is 24.4 Å². The summed E-state index contributed by atoms with van der Waals surface area (Å²) in [7, 11) is 0. The van der Waals surface area contributed by atoms with E-state index in [1.807, 2.05) is 0 Å². The maximum Gasteiger partial charge on any atom is 0.114 e. The van der Waals surface area contributed by atoms with Gasteiger partial charge in [-0.1, -0.05) is 89.7 Å². The lowest BCUT2D eigenvalue weighted by molar-refractivity contribution is -0.0730. The molecule has 1 fully saturated rings. The zero-order valence-corrected chi connectivity index (χ0v) is 20.1. The monoisotopic (exact) mass is 442 g/mol. The molecule has 1 saturated heterocycles. The van der Waals surface area contributed by atoms with Gasteiger partial charge >= 0.3 is 0 Å². The molecular formula is C26H50O5. The standard InChI is InChI=1S/C26H50O5/c1-2-3-4-5-6-7-8-9-10-11-12-13-14-15-16-17-18-19-20-30-24-22-31-26(25(24)29)23(28)21-27/h11-12,23-29H,2-10,13-22H2,1H3/b12-11+/t23-,24+,25+,26+/m1/s1. The van der Waals surface area contributed by atoms with Gasteiger partial charge in [0.25, 0.3) is 0 Å². The largest absolute Gasteiger partial charge is 0.394 e. The van der Waals surface area contributed by atoms with E-state index in [2.05, 4.69) is 19.1 Å². The fourth-order valence-corrected chi connectivity index (χ4v) is 4.14. The van der Waals surface area contributed by atoms with Crippen molar-refractivity contribution in [3.63, 3.8) is 0 Å². The van der Waals surface area contributed by atoms with Gasteiger partial charge in [-0.2, -0.15) is 0 Å². The van der Waals surface area contributed by atoms with Crippen LogP contribution in [0.25, 0.3) is 0 Å². The lowest BCUT2D eigenvalue weighted by atomic mass is 10.1. The van der Waals surface area contributed by atoms with Crippen LogP contribution in [0.4, 0.5) is 0 Å². The van der Waals surface area contributed by atoms with E-state index in [9.17, 15) is 10.2 Å². The number of rotatable bonds is 21. The van der Waals surface area contributed by atoms with E-state index in [-0.39, 0.29) is 6.61 Å². The highest BCUT2D eigenvalue weighted by atomic mass is 16.6. The van der Waals surface area contributed by atoms with E-state index in [1.165, 1.54) is 89.9 Å². The molecule has 4 atom stereocenters. The van der Waals surface area contributed by atoms with Crippen molar-refractivity contribution < 1.29 is 24.8 Å². The molecular weight excluding hydrogens is 392 g/mol. The zero-order chi connectivity index (χ0) is 22.6. The Morgan fingerprint density at radius 1 is 0.839 bits per heavy atom. The molecule has 1 aliphatic rings. The topological polar surface area (TPSA) is 79.2 Å². The maximum atomic E-state index is 10.1. The van der Waals surface area contributed by atoms with E-state index in [0.29, 0.717) is 6.61 Å². The molecule has 1 aliphatic heterocycles. The number of ether oxygens (including phenoxy) is 2. The minimum Gasteiger partial charge on any atom is -0.394 e. The van der Waals surface area contributed by atoms with Crippen molar-refractivity contribution >= 4 is 0 Å². The van der Waals surface area contributed by atoms with Crippen LogP contribution in [0.2, 0.25) is 0 Å². The second-order valence-electron chi connectivity index (χ2n) is 9.09. The van der Waals surface area contributed by atoms with Crippen LogP contribution in [0.1, 0.15) is 110 Å². The molecule has 0 bridgehead atoms. The fourth-order valence-electron chi connectivity index (χ4n) is 4.14. The van der Waals surface area contributed by atoms with Crippen molar-refractivity contribution in [1.29, 1.82) is 0 Å². The van der Waals surface area contributed by atoms with Gasteiger partial charge in [-0.15, -0.1) is 0 Å². The van der Waals surface area contributed by atoms with Crippen LogP contribution in [0.15, 0.2) is 12.2 Å². The van der Waals surface area contributed by atoms with Crippen LogP contribution in [0, 0.1) is 0 Å². The summed E-state index contributed by atoms with van der Waals surface area (Å²) in [5.41, 5.74) is 0. The molecule has 0 amide bonds. The third-order valence-corrected chi connectivity index (χ3v) is 6.22. The van der Waals surface area contributed by atoms with Gasteiger partial charge in [-0.05, 0) is 32.1 Å². The molecule has 184 valence electrons. The van der Waals surface area contributed by atoms with Crippen molar-refractivity contribution in [3.05, 3.63) is 12.2 Å². The van der Waals surface area contributed by atoms with Crippen LogP contribution in [-0.4, -0.2) is 59.6 Å². The summed E-state index contributed by atoms with van der Waals surface area (Å²) >= 11 is 0. The molecule has 5 nitrogen and oxygen atoms in total. The predicted molar refractivity (Wildman–Crippen MR) is 127 cm³/mol. The first-order valence-electron chi connectivity index (χ1n) is 13.1. The van der Waals surface area contributed by atoms with Crippen molar-refractivity contribution in [2.75, 3.05) is 19.8 Å². The van der Waals surface area contributed by atoms with E-state index >= 15 is 0 Å². The summed E-state index contributed by atoms with van der Waals surface area (Å²) in [6.45, 7) is 2.74. The van der Waals surface area contributed by atoms with Crippen LogP contribution in [0.3, 0.4) is 0 Å². The molecule has 0 saturated carbocycles. The maximum absolute atomic E-state index is 10.1. The smallest absolute Gasteiger partial charge is 0.114 e. The highest BCUT2D eigenvalue weighted by Crippen LogP contribution is 2.20. The molecule has 31 heavy (non-hydrogen) atoms. The molecule has 1 heterocycles. The summed E-state index contributed by atoms with van der Waals surface area (Å²) in [4.78, 5) is 0. The Hall–Kier alpha value is -0.460. The Bertz CT molecular complexity index is 415. The minimum atomic E-state index is -1.05. The van der Waals surface area contributed by atoms with Gasteiger partial charge in [-0.25, -0.2) is 0 Å². The molecule has 1 rings (SSSR count). The molecule has 5 heteroatoms. The lowest BCUT2D eigenvalue weighted by Gasteiger charge is -2.20. The van der Waals surface area contributed by atoms with Gasteiger partial charge in [0.2, 0.25) is 0 Å². The Labute approximate surface area is 191 Å². The number of aliphatic hydroxyl groups is 3. The number of allylic oxidation sites excluding steroid dienone is 2. The number of aliphatic hydroxyl groups excluding tert-OH is 3. The van der Waals surface area contributed by atoms with Crippen LogP contribution < -0.4 is 0 Å². The van der Waals surface area contributed by atoms with Crippen molar-refractivity contribution in [3.8, 4) is 0 Å². The molecule has 0 spiro atoms. The molecule has 0 aliphatic carbocycles. The van der Waals surface area contributed by atoms with Gasteiger partial charge < -0.3 is 24.8 Å². The van der Waals surface area contributed by atoms with Crippen LogP contribution in [-0.2, 0) is 9.47 Å². The van der Waals surface area contributed by atoms with Gasteiger partial charge in [0.15, 0.2) is 0 Å². The molecule has 0 aromatic rings. The summed E-state index contributed by atoms with van der Waals surface area (Å²) in [5, 5.41) is 28.6. The first-order chi connectivity index (χ1) is 15.2. The quantitative estimate of drug-likeness (QED) is 0.166. The zero-order valence-electron chi connectivity index (χ0n) is 20.1. The SMILES string of the molecule is CCCCCCCCCC/C=C/CCCCCCCCO[C@H]1CO[C@@H]([C@H](O)CO)[C@H]1O. The molecule has 0 aromatic heterocycles. The Balaban J connectivity index is 1.80. The van der Waals surface area contributed by atoms with E-state index in [1.54, 1.807) is 0 Å². The average Bonchev–Trinajstić information content (AvgIpc) is 3.15. The fraction of sp³-hybridized carbons (Fsp3) is 0.923. The highest BCUT2D eigenvalue weighted by molar-refractivity contribution is 4.88. The van der Waals surface area contributed by atoms with E-state index in [4.69, 9.17) is 14.6 Å². The lowest BCUT2D eigenvalue weighted by Crippen LogP contribution is -2.41. The minimum absolute atomic E-state index is 0.273. The van der Waals surface area contributed by atoms with E-state index in [0.717, 1.165) is 12.8 Å². The second-order valence-corrected chi connectivity index (χ2v) is 9.09. The first-order valence-corrected chi connectivity index (χ1v) is 13.1. The summed E-state index contributed by atoms with van der Waals surface area (Å²) in [6, 6.07) is 0. The van der Waals surface area contributed by atoms with Crippen molar-refractivity contribution in [2.45, 2.75) is 134 Å². The van der Waals surface area contributed by atoms with Crippen molar-refractivity contribution in [1.82, 2.24) is 0 Å². The summed E-state index contributed by atoms with van der Waals surface area (Å²) < 4.78 is 11.0. The second kappa shape index (κ2) is 20.2. The average molecular weight is 443 g/mol. The number of hydrogen-bond acceptors (Lipinski definition) is 5. The van der Waals surface area contributed by atoms with Gasteiger partial charge in [0, 0.05) is 6.61 Å². The van der Waals surface area contributed by atoms with Crippen molar-refractivity contribution in [2.24, 2.45) is 0 Å².